The Kier molecular flexibility index (Phi) is 7.90. The summed E-state index contributed by atoms with van der Waals surface area (Å²) in [5, 5.41) is 0. The molecular weight excluding hydrogens is 310 g/mol. The lowest BCUT2D eigenvalue weighted by molar-refractivity contribution is -0.140. The molecule has 24 heavy (non-hydrogen) atoms. The van der Waals surface area contributed by atoms with E-state index in [1.165, 1.54) is 6.08 Å². The number of ketones is 1. The molecule has 1 fully saturated rings. The molecule has 0 spiro atoms. The molecule has 138 valence electrons. The van der Waals surface area contributed by atoms with E-state index in [2.05, 4.69) is 6.58 Å². The van der Waals surface area contributed by atoms with Gasteiger partial charge in [0.1, 0.15) is 11.2 Å². The van der Waals surface area contributed by atoms with Crippen LogP contribution < -0.4 is 0 Å². The Labute approximate surface area is 145 Å². The number of carbonyl (C=O) groups is 2. The van der Waals surface area contributed by atoms with Gasteiger partial charge in [-0.05, 0) is 32.8 Å². The minimum atomic E-state index is -0.870. The summed E-state index contributed by atoms with van der Waals surface area (Å²) in [5.74, 6) is -0.131. The first-order valence-electron chi connectivity index (χ1n) is 8.66. The molecule has 1 saturated heterocycles. The van der Waals surface area contributed by atoms with E-state index in [0.29, 0.717) is 52.2 Å². The molecule has 2 atom stereocenters. The Morgan fingerprint density at radius 2 is 1.83 bits per heavy atom. The Morgan fingerprint density at radius 3 is 2.33 bits per heavy atom. The molecule has 0 aromatic rings. The smallest absolute Gasteiger partial charge is 0.410 e. The molecule has 0 aliphatic carbocycles. The highest BCUT2D eigenvalue weighted by Gasteiger charge is 2.33. The molecule has 1 aliphatic heterocycles. The molecule has 6 nitrogen and oxygen atoms in total. The molecule has 0 saturated carbocycles. The third kappa shape index (κ3) is 5.60. The van der Waals surface area contributed by atoms with E-state index in [0.717, 1.165) is 0 Å². The van der Waals surface area contributed by atoms with Crippen LogP contribution in [0, 0.1) is 0 Å². The van der Waals surface area contributed by atoms with Crippen LogP contribution in [0.2, 0.25) is 0 Å². The first-order chi connectivity index (χ1) is 11.3. The van der Waals surface area contributed by atoms with E-state index in [4.69, 9.17) is 14.2 Å². The van der Waals surface area contributed by atoms with Crippen LogP contribution in [-0.2, 0) is 19.0 Å². The minimum absolute atomic E-state index is 0.131. The Morgan fingerprint density at radius 1 is 1.21 bits per heavy atom. The molecule has 0 bridgehead atoms. The molecule has 6 heteroatoms. The highest BCUT2D eigenvalue weighted by molar-refractivity contribution is 5.96. The third-order valence-corrected chi connectivity index (χ3v) is 4.78. The molecular formula is C18H31NO5. The highest BCUT2D eigenvalue weighted by atomic mass is 16.6. The molecule has 1 aliphatic rings. The van der Waals surface area contributed by atoms with Gasteiger partial charge in [-0.3, -0.25) is 4.79 Å². The van der Waals surface area contributed by atoms with Gasteiger partial charge in [-0.25, -0.2) is 4.79 Å². The average molecular weight is 341 g/mol. The minimum Gasteiger partial charge on any atom is -0.443 e. The summed E-state index contributed by atoms with van der Waals surface area (Å²) in [7, 11) is 0. The molecule has 0 radical (unpaired) electrons. The monoisotopic (exact) mass is 341 g/mol. The van der Waals surface area contributed by atoms with Gasteiger partial charge in [0.15, 0.2) is 5.78 Å². The maximum absolute atomic E-state index is 12.3. The van der Waals surface area contributed by atoms with Crippen LogP contribution >= 0.6 is 0 Å². The summed E-state index contributed by atoms with van der Waals surface area (Å²) in [5.41, 5.74) is -1.49. The van der Waals surface area contributed by atoms with E-state index in [9.17, 15) is 9.59 Å². The van der Waals surface area contributed by atoms with Crippen LogP contribution in [0.3, 0.4) is 0 Å². The third-order valence-electron chi connectivity index (χ3n) is 4.78. The number of hydrogen-bond acceptors (Lipinski definition) is 5. The Bertz CT molecular complexity index is 447. The molecule has 1 amide bonds. The summed E-state index contributed by atoms with van der Waals surface area (Å²) < 4.78 is 16.8. The van der Waals surface area contributed by atoms with Gasteiger partial charge in [0, 0.05) is 19.5 Å². The van der Waals surface area contributed by atoms with Crippen LogP contribution in [-0.4, -0.2) is 60.9 Å². The number of morpholine rings is 1. The second-order valence-corrected chi connectivity index (χ2v) is 6.52. The molecule has 1 heterocycles. The van der Waals surface area contributed by atoms with Crippen molar-refractivity contribution in [2.45, 2.75) is 58.2 Å². The fourth-order valence-corrected chi connectivity index (χ4v) is 2.38. The topological polar surface area (TPSA) is 65.1 Å². The van der Waals surface area contributed by atoms with Crippen molar-refractivity contribution in [1.29, 1.82) is 0 Å². The van der Waals surface area contributed by atoms with Gasteiger partial charge in [-0.2, -0.15) is 0 Å². The van der Waals surface area contributed by atoms with Crippen molar-refractivity contribution >= 4 is 11.9 Å². The lowest BCUT2D eigenvalue weighted by atomic mass is 9.96. The number of hydrogen-bond donors (Lipinski definition) is 0. The predicted octanol–water partition coefficient (Wildman–Crippen LogP) is 2.95. The van der Waals surface area contributed by atoms with Crippen molar-refractivity contribution in [3.63, 3.8) is 0 Å². The van der Waals surface area contributed by atoms with Gasteiger partial charge >= 0.3 is 6.09 Å². The van der Waals surface area contributed by atoms with Crippen molar-refractivity contribution in [3.8, 4) is 0 Å². The van der Waals surface area contributed by atoms with Crippen molar-refractivity contribution in [2.24, 2.45) is 0 Å². The number of rotatable bonds is 9. The molecule has 0 aromatic carbocycles. The molecule has 0 N–H and O–H groups in total. The highest BCUT2D eigenvalue weighted by Crippen LogP contribution is 2.24. The Hall–Kier alpha value is -1.40. The number of ether oxygens (including phenoxy) is 3. The van der Waals surface area contributed by atoms with Crippen molar-refractivity contribution in [2.75, 3.05) is 32.9 Å². The maximum Gasteiger partial charge on any atom is 0.410 e. The van der Waals surface area contributed by atoms with Gasteiger partial charge < -0.3 is 19.1 Å². The van der Waals surface area contributed by atoms with Crippen LogP contribution in [0.15, 0.2) is 12.7 Å². The van der Waals surface area contributed by atoms with Crippen LogP contribution in [0.1, 0.15) is 47.0 Å². The van der Waals surface area contributed by atoms with Gasteiger partial charge in [-0.1, -0.05) is 20.4 Å². The van der Waals surface area contributed by atoms with E-state index in [-0.39, 0.29) is 11.9 Å². The summed E-state index contributed by atoms with van der Waals surface area (Å²) >= 11 is 0. The second-order valence-electron chi connectivity index (χ2n) is 6.52. The SMILES string of the molecule is C=CC(=O)C(C)(CC)OCCC(C)(CC)OC(=O)N1CCOCC1. The van der Waals surface area contributed by atoms with Crippen molar-refractivity contribution in [3.05, 3.63) is 12.7 Å². The molecule has 0 aromatic heterocycles. The predicted molar refractivity (Wildman–Crippen MR) is 92.0 cm³/mol. The fraction of sp³-hybridized carbons (Fsp3) is 0.778. The van der Waals surface area contributed by atoms with Crippen LogP contribution in [0.25, 0.3) is 0 Å². The Balaban J connectivity index is 2.56. The number of nitrogens with zero attached hydrogens (tertiary/aromatic N) is 1. The van der Waals surface area contributed by atoms with Gasteiger partial charge in [0.2, 0.25) is 0 Å². The van der Waals surface area contributed by atoms with Crippen molar-refractivity contribution in [1.82, 2.24) is 4.90 Å². The van der Waals surface area contributed by atoms with Gasteiger partial charge in [-0.15, -0.1) is 0 Å². The molecule has 1 rings (SSSR count). The van der Waals surface area contributed by atoms with E-state index in [1.54, 1.807) is 11.8 Å². The lowest BCUT2D eigenvalue weighted by Gasteiger charge is -2.34. The van der Waals surface area contributed by atoms with Gasteiger partial charge in [0.05, 0.1) is 19.8 Å². The zero-order chi connectivity index (χ0) is 18.2. The average Bonchev–Trinajstić information content (AvgIpc) is 2.61. The summed E-state index contributed by atoms with van der Waals surface area (Å²) in [4.78, 5) is 25.9. The fourth-order valence-electron chi connectivity index (χ4n) is 2.38. The largest absolute Gasteiger partial charge is 0.443 e. The zero-order valence-corrected chi connectivity index (χ0v) is 15.4. The van der Waals surface area contributed by atoms with Gasteiger partial charge in [0.25, 0.3) is 0 Å². The number of carbonyl (C=O) groups excluding carboxylic acids is 2. The first-order valence-corrected chi connectivity index (χ1v) is 8.66. The van der Waals surface area contributed by atoms with Crippen LogP contribution in [0.4, 0.5) is 4.79 Å². The first kappa shape index (κ1) is 20.6. The summed E-state index contributed by atoms with van der Waals surface area (Å²) in [6, 6.07) is 0. The van der Waals surface area contributed by atoms with E-state index >= 15 is 0 Å². The summed E-state index contributed by atoms with van der Waals surface area (Å²) in [6.07, 6.45) is 2.74. The quantitative estimate of drug-likeness (QED) is 0.603. The maximum atomic E-state index is 12.3. The van der Waals surface area contributed by atoms with Crippen molar-refractivity contribution < 1.29 is 23.8 Å². The second kappa shape index (κ2) is 9.18. The normalized spacial score (nSPS) is 19.9. The lowest BCUT2D eigenvalue weighted by Crippen LogP contribution is -2.45. The van der Waals surface area contributed by atoms with Crippen LogP contribution in [0.5, 0.6) is 0 Å². The summed E-state index contributed by atoms with van der Waals surface area (Å²) in [6.45, 7) is 13.6. The van der Waals surface area contributed by atoms with E-state index < -0.39 is 11.2 Å². The number of amides is 1. The molecule has 2 unspecified atom stereocenters. The zero-order valence-electron chi connectivity index (χ0n) is 15.4. The van der Waals surface area contributed by atoms with E-state index in [1.807, 2.05) is 20.8 Å². The standard InChI is InChI=1S/C18H31NO5/c1-6-15(20)18(5,8-3)23-12-9-17(4,7-2)24-16(21)19-10-13-22-14-11-19/h6H,1,7-14H2,2-5H3.